The van der Waals surface area contributed by atoms with E-state index in [0.29, 0.717) is 5.75 Å². The summed E-state index contributed by atoms with van der Waals surface area (Å²) in [5.74, 6) is 0.210. The molecule has 0 saturated carbocycles. The fourth-order valence-corrected chi connectivity index (χ4v) is 2.21. The van der Waals surface area contributed by atoms with E-state index in [1.165, 1.54) is 28.4 Å². The quantitative estimate of drug-likeness (QED) is 0.793. The molecule has 1 unspecified atom stereocenters. The Bertz CT molecular complexity index is 557. The summed E-state index contributed by atoms with van der Waals surface area (Å²) in [4.78, 5) is 0. The van der Waals surface area contributed by atoms with E-state index in [2.05, 4.69) is 59.1 Å². The number of methoxy groups -OCH3 is 1. The number of benzene rings is 2. The average molecular weight is 371 g/mol. The highest BCUT2D eigenvalue weighted by Crippen LogP contribution is 2.29. The summed E-state index contributed by atoms with van der Waals surface area (Å²) < 4.78 is 19.5. The molecule has 2 aromatic carbocycles. The van der Waals surface area contributed by atoms with Crippen LogP contribution in [-0.2, 0) is 0 Å². The van der Waals surface area contributed by atoms with Gasteiger partial charge in [0.05, 0.1) is 12.8 Å². The first-order valence-corrected chi connectivity index (χ1v) is 7.03. The topological polar surface area (TPSA) is 21.3 Å². The lowest BCUT2D eigenvalue weighted by Crippen LogP contribution is -2.07. The van der Waals surface area contributed by atoms with Gasteiger partial charge in [-0.3, -0.25) is 0 Å². The number of hydrogen-bond acceptors (Lipinski definition) is 2. The van der Waals surface area contributed by atoms with Crippen LogP contribution < -0.4 is 10.1 Å². The molecule has 0 aliphatic carbocycles. The summed E-state index contributed by atoms with van der Waals surface area (Å²) in [6.07, 6.45) is 0. The predicted octanol–water partition coefficient (Wildman–Crippen LogP) is 4.61. The highest BCUT2D eigenvalue weighted by Gasteiger charge is 2.09. The standard InChI is InChI=1S/C15H15FINO/c1-10(11-3-6-13(17)7-4-11)18-14-8-5-12(16)9-15(14)19-2/h3-10,18H,1-2H3. The van der Waals surface area contributed by atoms with Crippen LogP contribution in [-0.4, -0.2) is 7.11 Å². The molecule has 0 saturated heterocycles. The Labute approximate surface area is 126 Å². The van der Waals surface area contributed by atoms with Gasteiger partial charge in [0.25, 0.3) is 0 Å². The van der Waals surface area contributed by atoms with Gasteiger partial charge in [0.15, 0.2) is 0 Å². The number of nitrogens with one attached hydrogen (secondary N) is 1. The molecule has 0 aromatic heterocycles. The number of ether oxygens (including phenoxy) is 1. The van der Waals surface area contributed by atoms with Crippen LogP contribution >= 0.6 is 22.6 Å². The van der Waals surface area contributed by atoms with Gasteiger partial charge in [0, 0.05) is 15.7 Å². The monoisotopic (exact) mass is 371 g/mol. The molecule has 0 spiro atoms. The van der Waals surface area contributed by atoms with Crippen molar-refractivity contribution in [3.63, 3.8) is 0 Å². The zero-order valence-electron chi connectivity index (χ0n) is 10.8. The van der Waals surface area contributed by atoms with Gasteiger partial charge >= 0.3 is 0 Å². The van der Waals surface area contributed by atoms with Crippen molar-refractivity contribution in [1.82, 2.24) is 0 Å². The van der Waals surface area contributed by atoms with Gasteiger partial charge in [-0.1, -0.05) is 12.1 Å². The van der Waals surface area contributed by atoms with Crippen molar-refractivity contribution in [3.05, 3.63) is 57.4 Å². The minimum absolute atomic E-state index is 0.122. The van der Waals surface area contributed by atoms with Gasteiger partial charge in [-0.25, -0.2) is 4.39 Å². The first kappa shape index (κ1) is 14.1. The Morgan fingerprint density at radius 3 is 2.47 bits per heavy atom. The van der Waals surface area contributed by atoms with Crippen molar-refractivity contribution in [2.24, 2.45) is 0 Å². The van der Waals surface area contributed by atoms with E-state index in [-0.39, 0.29) is 11.9 Å². The lowest BCUT2D eigenvalue weighted by Gasteiger charge is -2.18. The van der Waals surface area contributed by atoms with Gasteiger partial charge < -0.3 is 10.1 Å². The second-order valence-electron chi connectivity index (χ2n) is 4.26. The molecule has 2 aromatic rings. The van der Waals surface area contributed by atoms with Crippen LogP contribution in [0, 0.1) is 9.39 Å². The average Bonchev–Trinajstić information content (AvgIpc) is 2.41. The van der Waals surface area contributed by atoms with E-state index in [4.69, 9.17) is 4.74 Å². The predicted molar refractivity (Wildman–Crippen MR) is 84.1 cm³/mol. The third-order valence-electron chi connectivity index (χ3n) is 2.91. The van der Waals surface area contributed by atoms with Crippen LogP contribution in [0.4, 0.5) is 10.1 Å². The maximum atomic E-state index is 13.1. The molecule has 0 bridgehead atoms. The Kier molecular flexibility index (Phi) is 4.63. The lowest BCUT2D eigenvalue weighted by atomic mass is 10.1. The third-order valence-corrected chi connectivity index (χ3v) is 3.62. The van der Waals surface area contributed by atoms with Crippen LogP contribution in [0.3, 0.4) is 0 Å². The van der Waals surface area contributed by atoms with E-state index in [1.54, 1.807) is 6.07 Å². The van der Waals surface area contributed by atoms with Crippen molar-refractivity contribution < 1.29 is 9.13 Å². The van der Waals surface area contributed by atoms with Crippen molar-refractivity contribution in [1.29, 1.82) is 0 Å². The van der Waals surface area contributed by atoms with E-state index in [9.17, 15) is 4.39 Å². The SMILES string of the molecule is COc1cc(F)ccc1NC(C)c1ccc(I)cc1. The van der Waals surface area contributed by atoms with Crippen LogP contribution in [0.15, 0.2) is 42.5 Å². The van der Waals surface area contributed by atoms with Crippen LogP contribution in [0.1, 0.15) is 18.5 Å². The van der Waals surface area contributed by atoms with Crippen LogP contribution in [0.25, 0.3) is 0 Å². The molecule has 0 fully saturated rings. The van der Waals surface area contributed by atoms with Gasteiger partial charge in [0.1, 0.15) is 11.6 Å². The second-order valence-corrected chi connectivity index (χ2v) is 5.51. The number of halogens is 2. The molecule has 0 aliphatic heterocycles. The summed E-state index contributed by atoms with van der Waals surface area (Å²) in [7, 11) is 1.54. The van der Waals surface area contributed by atoms with Crippen LogP contribution in [0.5, 0.6) is 5.75 Å². The summed E-state index contributed by atoms with van der Waals surface area (Å²) in [6.45, 7) is 2.06. The summed E-state index contributed by atoms with van der Waals surface area (Å²) in [5, 5.41) is 3.33. The molecule has 0 aliphatic rings. The Morgan fingerprint density at radius 2 is 1.84 bits per heavy atom. The first-order chi connectivity index (χ1) is 9.10. The molecule has 2 rings (SSSR count). The molecule has 2 nitrogen and oxygen atoms in total. The maximum absolute atomic E-state index is 13.1. The van der Waals surface area contributed by atoms with Crippen molar-refractivity contribution in [2.75, 3.05) is 12.4 Å². The summed E-state index contributed by atoms with van der Waals surface area (Å²) in [6, 6.07) is 12.9. The zero-order chi connectivity index (χ0) is 13.8. The third kappa shape index (κ3) is 3.59. The Balaban J connectivity index is 2.18. The van der Waals surface area contributed by atoms with Crippen LogP contribution in [0.2, 0.25) is 0 Å². The fourth-order valence-electron chi connectivity index (χ4n) is 1.85. The second kappa shape index (κ2) is 6.23. The fraction of sp³-hybridized carbons (Fsp3) is 0.200. The largest absolute Gasteiger partial charge is 0.494 e. The highest BCUT2D eigenvalue weighted by molar-refractivity contribution is 14.1. The number of hydrogen-bond donors (Lipinski definition) is 1. The minimum atomic E-state index is -0.302. The molecule has 100 valence electrons. The van der Waals surface area contributed by atoms with Crippen molar-refractivity contribution in [2.45, 2.75) is 13.0 Å². The minimum Gasteiger partial charge on any atom is -0.494 e. The van der Waals surface area contributed by atoms with E-state index >= 15 is 0 Å². The van der Waals surface area contributed by atoms with Gasteiger partial charge in [-0.15, -0.1) is 0 Å². The molecular weight excluding hydrogens is 356 g/mol. The number of anilines is 1. The van der Waals surface area contributed by atoms with E-state index < -0.39 is 0 Å². The first-order valence-electron chi connectivity index (χ1n) is 5.95. The molecule has 0 heterocycles. The Morgan fingerprint density at radius 1 is 1.16 bits per heavy atom. The molecule has 1 N–H and O–H groups in total. The molecular formula is C15H15FINO. The van der Waals surface area contributed by atoms with E-state index in [1.807, 2.05) is 0 Å². The van der Waals surface area contributed by atoms with Gasteiger partial charge in [-0.2, -0.15) is 0 Å². The Hall–Kier alpha value is -1.30. The smallest absolute Gasteiger partial charge is 0.144 e. The molecule has 0 amide bonds. The normalized spacial score (nSPS) is 12.0. The molecule has 19 heavy (non-hydrogen) atoms. The number of rotatable bonds is 4. The molecule has 1 atom stereocenters. The summed E-state index contributed by atoms with van der Waals surface area (Å²) in [5.41, 5.74) is 1.96. The molecule has 4 heteroatoms. The van der Waals surface area contributed by atoms with Crippen molar-refractivity contribution in [3.8, 4) is 5.75 Å². The van der Waals surface area contributed by atoms with Crippen molar-refractivity contribution >= 4 is 28.3 Å². The molecule has 0 radical (unpaired) electrons. The maximum Gasteiger partial charge on any atom is 0.144 e. The zero-order valence-corrected chi connectivity index (χ0v) is 12.9. The highest BCUT2D eigenvalue weighted by atomic mass is 127. The van der Waals surface area contributed by atoms with Gasteiger partial charge in [0.2, 0.25) is 0 Å². The summed E-state index contributed by atoms with van der Waals surface area (Å²) >= 11 is 2.28. The van der Waals surface area contributed by atoms with Gasteiger partial charge in [-0.05, 0) is 59.3 Å². The lowest BCUT2D eigenvalue weighted by molar-refractivity contribution is 0.412. The van der Waals surface area contributed by atoms with E-state index in [0.717, 1.165) is 5.69 Å².